The van der Waals surface area contributed by atoms with Gasteiger partial charge in [0.2, 0.25) is 0 Å². The van der Waals surface area contributed by atoms with Crippen molar-refractivity contribution >= 4 is 27.5 Å². The lowest BCUT2D eigenvalue weighted by Crippen LogP contribution is -2.52. The maximum absolute atomic E-state index is 15.1. The molecular formula is C34H37F4N3O4S. The third-order valence-electron chi connectivity index (χ3n) is 7.94. The average molecular weight is 660 g/mol. The Morgan fingerprint density at radius 3 is 2.37 bits per heavy atom. The number of allylic oxidation sites excluding steroid dienone is 1. The van der Waals surface area contributed by atoms with E-state index < -0.39 is 44.7 Å². The lowest BCUT2D eigenvalue weighted by atomic mass is 9.60. The van der Waals surface area contributed by atoms with Gasteiger partial charge in [-0.1, -0.05) is 51.5 Å². The highest BCUT2D eigenvalue weighted by Crippen LogP contribution is 2.57. The highest BCUT2D eigenvalue weighted by atomic mass is 32.2. The number of ether oxygens (including phenoxy) is 1. The first-order chi connectivity index (χ1) is 21.9. The number of hydrogen-bond acceptors (Lipinski definition) is 6. The smallest absolute Gasteiger partial charge is 0.250 e. The van der Waals surface area contributed by atoms with Crippen molar-refractivity contribution in [3.8, 4) is 11.5 Å². The van der Waals surface area contributed by atoms with Gasteiger partial charge in [-0.3, -0.25) is 0 Å². The van der Waals surface area contributed by atoms with Crippen LogP contribution < -0.4 is 15.4 Å². The summed E-state index contributed by atoms with van der Waals surface area (Å²) in [5, 5.41) is 6.49. The molecule has 1 aliphatic heterocycles. The number of alkyl halides is 2. The summed E-state index contributed by atoms with van der Waals surface area (Å²) in [5.74, 6) is -4.86. The highest BCUT2D eigenvalue weighted by molar-refractivity contribution is 7.91. The largest absolute Gasteiger partial charge is 0.453 e. The van der Waals surface area contributed by atoms with Crippen LogP contribution in [0.1, 0.15) is 62.9 Å². The number of aryl methyl sites for hydroxylation is 1. The number of carbonyl (C=O) groups is 1. The number of sulfone groups is 1. The number of benzene rings is 3. The molecule has 0 amide bonds. The number of rotatable bonds is 8. The number of nitrogens with one attached hydrogen (secondary N) is 3. The first-order valence-electron chi connectivity index (χ1n) is 14.9. The minimum atomic E-state index is -3.92. The van der Waals surface area contributed by atoms with Crippen molar-refractivity contribution in [2.24, 2.45) is 0 Å². The van der Waals surface area contributed by atoms with Crippen molar-refractivity contribution in [3.05, 3.63) is 101 Å². The van der Waals surface area contributed by atoms with Crippen LogP contribution >= 0.6 is 0 Å². The number of carbonyl (C=O) groups excluding carboxylic acids is 1. The van der Waals surface area contributed by atoms with Crippen molar-refractivity contribution < 1.29 is 35.5 Å². The Morgan fingerprint density at radius 2 is 1.72 bits per heavy atom. The first-order valence-corrected chi connectivity index (χ1v) is 16.8. The molecule has 246 valence electrons. The number of fused-ring (bicyclic) bond motifs is 1. The Balaban J connectivity index is 0.00000116. The molecule has 0 bridgehead atoms. The second-order valence-corrected chi connectivity index (χ2v) is 13.0. The van der Waals surface area contributed by atoms with Gasteiger partial charge in [0.25, 0.3) is 5.92 Å². The van der Waals surface area contributed by atoms with Crippen molar-refractivity contribution in [1.29, 1.82) is 0 Å². The Bertz CT molecular complexity index is 1850. The average Bonchev–Trinajstić information content (AvgIpc) is 3.69. The van der Waals surface area contributed by atoms with Gasteiger partial charge in [-0.15, -0.1) is 0 Å². The van der Waals surface area contributed by atoms with E-state index in [4.69, 9.17) is 9.53 Å². The Hall–Kier alpha value is -4.32. The molecule has 12 heteroatoms. The fourth-order valence-corrected chi connectivity index (χ4v) is 7.11. The lowest BCUT2D eigenvalue weighted by molar-refractivity contribution is -0.116. The first kappa shape index (κ1) is 34.6. The van der Waals surface area contributed by atoms with Gasteiger partial charge in [-0.25, -0.2) is 26.0 Å². The number of H-pyrrole nitrogens is 1. The van der Waals surface area contributed by atoms with Gasteiger partial charge in [-0.2, -0.15) is 0 Å². The number of aromatic amines is 1. The zero-order valence-electron chi connectivity index (χ0n) is 26.0. The Kier molecular flexibility index (Phi) is 10.2. The van der Waals surface area contributed by atoms with E-state index in [1.165, 1.54) is 24.4 Å². The van der Waals surface area contributed by atoms with Gasteiger partial charge in [0.15, 0.2) is 21.4 Å². The molecule has 3 N–H and O–H groups in total. The van der Waals surface area contributed by atoms with Crippen LogP contribution in [-0.2, 0) is 26.5 Å². The predicted octanol–water partition coefficient (Wildman–Crippen LogP) is 7.84. The molecule has 3 aromatic carbocycles. The van der Waals surface area contributed by atoms with Crippen LogP contribution in [-0.4, -0.2) is 32.4 Å². The van der Waals surface area contributed by atoms with E-state index in [9.17, 15) is 17.2 Å². The van der Waals surface area contributed by atoms with Crippen LogP contribution in [0, 0.1) is 11.6 Å². The van der Waals surface area contributed by atoms with E-state index in [-0.39, 0.29) is 40.0 Å². The molecule has 1 aliphatic carbocycles. The van der Waals surface area contributed by atoms with Crippen LogP contribution in [0.25, 0.3) is 10.9 Å². The minimum absolute atomic E-state index is 0.000654. The normalized spacial score (nSPS) is 17.7. The van der Waals surface area contributed by atoms with Gasteiger partial charge >= 0.3 is 0 Å². The molecule has 1 fully saturated rings. The molecule has 1 aromatic heterocycles. The van der Waals surface area contributed by atoms with Gasteiger partial charge in [0.1, 0.15) is 29.4 Å². The summed E-state index contributed by atoms with van der Waals surface area (Å²) in [6, 6.07) is 14.0. The maximum atomic E-state index is 15.1. The number of halogens is 4. The van der Waals surface area contributed by atoms with Crippen LogP contribution in [0.4, 0.5) is 17.6 Å². The summed E-state index contributed by atoms with van der Waals surface area (Å²) in [7, 11) is -3.92. The zero-order valence-corrected chi connectivity index (χ0v) is 26.8. The highest BCUT2D eigenvalue weighted by Gasteiger charge is 2.60. The molecule has 0 spiro atoms. The fourth-order valence-electron chi connectivity index (χ4n) is 6.05. The second-order valence-electron chi connectivity index (χ2n) is 11.1. The van der Waals surface area contributed by atoms with Gasteiger partial charge in [0.05, 0.1) is 0 Å². The van der Waals surface area contributed by atoms with Crippen molar-refractivity contribution in [2.45, 2.75) is 68.9 Å². The van der Waals surface area contributed by atoms with Crippen molar-refractivity contribution in [3.63, 3.8) is 0 Å². The van der Waals surface area contributed by atoms with Crippen LogP contribution in [0.2, 0.25) is 0 Å². The van der Waals surface area contributed by atoms with E-state index in [1.54, 1.807) is 6.20 Å². The van der Waals surface area contributed by atoms with E-state index in [1.807, 2.05) is 44.9 Å². The van der Waals surface area contributed by atoms with Crippen LogP contribution in [0.3, 0.4) is 0 Å². The molecular weight excluding hydrogens is 622 g/mol. The van der Waals surface area contributed by atoms with E-state index >= 15 is 8.78 Å². The molecule has 1 unspecified atom stereocenters. The molecule has 6 rings (SSSR count). The Morgan fingerprint density at radius 1 is 1.00 bits per heavy atom. The van der Waals surface area contributed by atoms with Crippen molar-refractivity contribution in [1.82, 2.24) is 15.6 Å². The molecule has 2 aliphatic rings. The summed E-state index contributed by atoms with van der Waals surface area (Å²) in [4.78, 5) is 10.5. The summed E-state index contributed by atoms with van der Waals surface area (Å²) >= 11 is 0. The standard InChI is InChI=1S/C31H29F4N3O3S.C2H6.CH2O/c1-3-5-18-6-4-7-19(12-18)30(16-31(34,35)17-30)26-15-37-29(38-26)22-13-20(8-9-23(22)32)41-27-24(33)14-25-21(10-11-36-25)28(27)42(2,39)40;2*1-2/h4,6-15,29,36-38H,3,5,16-17H2,1-2H3;1-2H3;1H2. The third kappa shape index (κ3) is 6.62. The lowest BCUT2D eigenvalue weighted by Gasteiger charge is -2.48. The van der Waals surface area contributed by atoms with E-state index in [0.29, 0.717) is 5.70 Å². The van der Waals surface area contributed by atoms with E-state index in [0.717, 1.165) is 42.4 Å². The molecule has 1 saturated carbocycles. The summed E-state index contributed by atoms with van der Waals surface area (Å²) in [6.07, 6.45) is 4.18. The third-order valence-corrected chi connectivity index (χ3v) is 9.08. The molecule has 2 heterocycles. The Labute approximate surface area is 266 Å². The predicted molar refractivity (Wildman–Crippen MR) is 170 cm³/mol. The second kappa shape index (κ2) is 13.6. The molecule has 7 nitrogen and oxygen atoms in total. The fraction of sp³-hybridized carbons (Fsp3) is 0.324. The number of aromatic nitrogens is 1. The topological polar surface area (TPSA) is 100 Å². The zero-order chi connectivity index (χ0) is 33.9. The maximum Gasteiger partial charge on any atom is 0.250 e. The number of hydrogen-bond donors (Lipinski definition) is 3. The molecule has 0 saturated heterocycles. The van der Waals surface area contributed by atoms with E-state index in [2.05, 4.69) is 22.5 Å². The summed E-state index contributed by atoms with van der Waals surface area (Å²) in [5.41, 5.74) is 1.74. The summed E-state index contributed by atoms with van der Waals surface area (Å²) in [6.45, 7) is 8.05. The van der Waals surface area contributed by atoms with Gasteiger partial charge < -0.3 is 25.1 Å². The monoisotopic (exact) mass is 659 g/mol. The van der Waals surface area contributed by atoms with Gasteiger partial charge in [0, 0.05) is 65.1 Å². The van der Waals surface area contributed by atoms with Crippen LogP contribution in [0.5, 0.6) is 11.5 Å². The molecule has 46 heavy (non-hydrogen) atoms. The van der Waals surface area contributed by atoms with Gasteiger partial charge in [-0.05, 0) is 41.8 Å². The quantitative estimate of drug-likeness (QED) is 0.167. The summed E-state index contributed by atoms with van der Waals surface area (Å²) < 4.78 is 90.0. The minimum Gasteiger partial charge on any atom is -0.453 e. The molecule has 1 atom stereocenters. The SMILES string of the molecule is C=O.CC.CCCc1cccc(C2(C3=CNC(c4cc(Oc5c(F)cc6[nH]ccc6c5S(C)(=O)=O)ccc4F)N3)CC(F)(F)C2)c1. The molecule has 4 aromatic rings. The molecule has 0 radical (unpaired) electrons. The van der Waals surface area contributed by atoms with Crippen LogP contribution in [0.15, 0.2) is 77.6 Å². The van der Waals surface area contributed by atoms with Crippen molar-refractivity contribution in [2.75, 3.05) is 6.26 Å².